The summed E-state index contributed by atoms with van der Waals surface area (Å²) in [6, 6.07) is 6.15. The van der Waals surface area contributed by atoms with Gasteiger partial charge in [-0.3, -0.25) is 4.68 Å². The second-order valence-corrected chi connectivity index (χ2v) is 8.65. The minimum absolute atomic E-state index is 0.0965. The fourth-order valence-corrected chi connectivity index (χ4v) is 4.32. The fraction of sp³-hybridized carbons (Fsp3) is 0.429. The molecule has 1 fully saturated rings. The molecule has 2 aromatic rings. The number of aryl methyl sites for hydroxylation is 1. The number of aliphatic imine (C=N–C) groups is 1. The fourth-order valence-electron chi connectivity index (χ4n) is 3.93. The van der Waals surface area contributed by atoms with Crippen LogP contribution in [0.5, 0.6) is 0 Å². The molecule has 1 aliphatic rings. The first-order valence-corrected chi connectivity index (χ1v) is 11.3. The maximum Gasteiger partial charge on any atom is 0.328 e. The van der Waals surface area contributed by atoms with E-state index in [1.807, 2.05) is 29.9 Å². The number of piperidine rings is 1. The lowest BCUT2D eigenvalue weighted by Crippen LogP contribution is -2.45. The van der Waals surface area contributed by atoms with Gasteiger partial charge in [0.1, 0.15) is 0 Å². The number of amides is 2. The number of aromatic nitrogens is 2. The SMILES string of the molecule is Cn1nc(-c2cccc(Cl)c2Cl)cc1C1CCN(C(=O)NCC[C@H](N=C(N)N)C(=O)O)CC1. The third-order valence-electron chi connectivity index (χ3n) is 5.63. The van der Waals surface area contributed by atoms with Gasteiger partial charge in [-0.1, -0.05) is 35.3 Å². The van der Waals surface area contributed by atoms with Crippen molar-refractivity contribution < 1.29 is 14.7 Å². The predicted molar refractivity (Wildman–Crippen MR) is 127 cm³/mol. The lowest BCUT2D eigenvalue weighted by molar-refractivity contribution is -0.138. The zero-order chi connectivity index (χ0) is 24.1. The average Bonchev–Trinajstić information content (AvgIpc) is 3.15. The van der Waals surface area contributed by atoms with Crippen molar-refractivity contribution in [1.82, 2.24) is 20.0 Å². The van der Waals surface area contributed by atoms with E-state index in [4.69, 9.17) is 39.8 Å². The number of nitrogens with two attached hydrogens (primary N) is 2. The maximum atomic E-state index is 12.5. The van der Waals surface area contributed by atoms with Crippen molar-refractivity contribution in [3.8, 4) is 11.3 Å². The summed E-state index contributed by atoms with van der Waals surface area (Å²) in [6.07, 6.45) is 1.65. The number of carboxylic acids is 1. The Bertz CT molecular complexity index is 1040. The number of hydrogen-bond donors (Lipinski definition) is 4. The molecule has 12 heteroatoms. The molecule has 1 atom stereocenters. The molecule has 3 rings (SSSR count). The van der Waals surface area contributed by atoms with Gasteiger partial charge >= 0.3 is 12.0 Å². The van der Waals surface area contributed by atoms with Crippen molar-refractivity contribution in [2.45, 2.75) is 31.2 Å². The quantitative estimate of drug-likeness (QED) is 0.341. The molecule has 1 aromatic carbocycles. The van der Waals surface area contributed by atoms with Crippen LogP contribution in [0.1, 0.15) is 30.9 Å². The van der Waals surface area contributed by atoms with Crippen LogP contribution in [0.4, 0.5) is 4.79 Å². The van der Waals surface area contributed by atoms with Crippen LogP contribution >= 0.6 is 23.2 Å². The molecule has 0 saturated carbocycles. The molecule has 0 aliphatic carbocycles. The number of aliphatic carboxylic acids is 1. The second-order valence-electron chi connectivity index (χ2n) is 7.87. The molecule has 2 heterocycles. The summed E-state index contributed by atoms with van der Waals surface area (Å²) < 4.78 is 1.85. The average molecular weight is 496 g/mol. The first-order chi connectivity index (χ1) is 15.7. The van der Waals surface area contributed by atoms with Crippen LogP contribution in [0.3, 0.4) is 0 Å². The van der Waals surface area contributed by atoms with Gasteiger partial charge in [0.25, 0.3) is 0 Å². The van der Waals surface area contributed by atoms with Gasteiger partial charge in [0.15, 0.2) is 12.0 Å². The summed E-state index contributed by atoms with van der Waals surface area (Å²) in [4.78, 5) is 29.0. The molecule has 33 heavy (non-hydrogen) atoms. The summed E-state index contributed by atoms with van der Waals surface area (Å²) >= 11 is 12.5. The third kappa shape index (κ3) is 6.08. The molecule has 0 radical (unpaired) electrons. The minimum Gasteiger partial charge on any atom is -0.480 e. The molecule has 1 aromatic heterocycles. The minimum atomic E-state index is -1.15. The van der Waals surface area contributed by atoms with Gasteiger partial charge < -0.3 is 26.8 Å². The van der Waals surface area contributed by atoms with Crippen molar-refractivity contribution in [2.24, 2.45) is 23.5 Å². The van der Waals surface area contributed by atoms with E-state index >= 15 is 0 Å². The van der Waals surface area contributed by atoms with Gasteiger partial charge in [-0.15, -0.1) is 0 Å². The van der Waals surface area contributed by atoms with Gasteiger partial charge in [0, 0.05) is 43.9 Å². The van der Waals surface area contributed by atoms with Crippen LogP contribution in [0.2, 0.25) is 10.0 Å². The number of guanidine groups is 1. The Hall–Kier alpha value is -2.98. The Labute approximate surface area is 201 Å². The summed E-state index contributed by atoms with van der Waals surface area (Å²) in [5.41, 5.74) is 13.1. The highest BCUT2D eigenvalue weighted by Crippen LogP contribution is 2.35. The number of hydrogen-bond acceptors (Lipinski definition) is 4. The highest BCUT2D eigenvalue weighted by molar-refractivity contribution is 6.43. The molecule has 6 N–H and O–H groups in total. The van der Waals surface area contributed by atoms with Gasteiger partial charge in [0.2, 0.25) is 0 Å². The predicted octanol–water partition coefficient (Wildman–Crippen LogP) is 2.40. The number of halogens is 2. The molecule has 10 nitrogen and oxygen atoms in total. The normalized spacial score (nSPS) is 15.2. The molecule has 2 amide bonds. The van der Waals surface area contributed by atoms with Crippen LogP contribution in [0.15, 0.2) is 29.3 Å². The summed E-state index contributed by atoms with van der Waals surface area (Å²) in [7, 11) is 1.89. The zero-order valence-electron chi connectivity index (χ0n) is 18.2. The standard InChI is InChI=1S/C21H27Cl2N7O3/c1-29-17(11-16(28-29)13-3-2-4-14(22)18(13)23)12-6-9-30(10-7-12)21(33)26-8-5-15(19(31)32)27-20(24)25/h2-4,11-12,15H,5-10H2,1H3,(H,26,33)(H,31,32)(H4,24,25,27)/t15-/m0/s1. The highest BCUT2D eigenvalue weighted by atomic mass is 35.5. The van der Waals surface area contributed by atoms with Crippen LogP contribution < -0.4 is 16.8 Å². The Balaban J connectivity index is 1.55. The number of carbonyl (C=O) groups is 2. The molecule has 0 spiro atoms. The van der Waals surface area contributed by atoms with Crippen LogP contribution in [0.25, 0.3) is 11.3 Å². The van der Waals surface area contributed by atoms with E-state index in [9.17, 15) is 9.59 Å². The summed E-state index contributed by atoms with van der Waals surface area (Å²) in [5, 5.41) is 17.4. The van der Waals surface area contributed by atoms with Crippen molar-refractivity contribution >= 4 is 41.2 Å². The molecular weight excluding hydrogens is 469 g/mol. The first kappa shape index (κ1) is 24.7. The van der Waals surface area contributed by atoms with E-state index < -0.39 is 12.0 Å². The van der Waals surface area contributed by atoms with Gasteiger partial charge in [-0.05, 0) is 31.4 Å². The smallest absolute Gasteiger partial charge is 0.328 e. The van der Waals surface area contributed by atoms with Crippen LogP contribution in [-0.4, -0.2) is 63.4 Å². The van der Waals surface area contributed by atoms with Crippen LogP contribution in [-0.2, 0) is 11.8 Å². The van der Waals surface area contributed by atoms with Crippen molar-refractivity contribution in [2.75, 3.05) is 19.6 Å². The van der Waals surface area contributed by atoms with Gasteiger partial charge in [-0.25, -0.2) is 14.6 Å². The van der Waals surface area contributed by atoms with Crippen molar-refractivity contribution in [3.63, 3.8) is 0 Å². The van der Waals surface area contributed by atoms with E-state index in [1.165, 1.54) is 0 Å². The number of nitrogens with one attached hydrogen (secondary N) is 1. The molecule has 0 unspecified atom stereocenters. The second kappa shape index (κ2) is 10.8. The summed E-state index contributed by atoms with van der Waals surface area (Å²) in [6.45, 7) is 1.30. The Morgan fingerprint density at radius 2 is 2.00 bits per heavy atom. The highest BCUT2D eigenvalue weighted by Gasteiger charge is 2.27. The number of rotatable bonds is 7. The summed E-state index contributed by atoms with van der Waals surface area (Å²) in [5.74, 6) is -1.20. The van der Waals surface area contributed by atoms with E-state index in [-0.39, 0.29) is 30.9 Å². The van der Waals surface area contributed by atoms with E-state index in [0.717, 1.165) is 29.8 Å². The topological polar surface area (TPSA) is 152 Å². The lowest BCUT2D eigenvalue weighted by Gasteiger charge is -2.32. The number of carbonyl (C=O) groups excluding carboxylic acids is 1. The van der Waals surface area contributed by atoms with Crippen LogP contribution in [0, 0.1) is 0 Å². The van der Waals surface area contributed by atoms with E-state index in [2.05, 4.69) is 15.4 Å². The lowest BCUT2D eigenvalue weighted by atomic mass is 9.93. The van der Waals surface area contributed by atoms with Crippen molar-refractivity contribution in [3.05, 3.63) is 40.0 Å². The number of carboxylic acid groups (broad SMARTS) is 1. The molecule has 1 saturated heterocycles. The molecule has 1 aliphatic heterocycles. The first-order valence-electron chi connectivity index (χ1n) is 10.5. The number of benzene rings is 1. The van der Waals surface area contributed by atoms with Crippen molar-refractivity contribution in [1.29, 1.82) is 0 Å². The molecule has 178 valence electrons. The molecular formula is C21H27Cl2N7O3. The Morgan fingerprint density at radius 3 is 2.64 bits per heavy atom. The number of nitrogens with zero attached hydrogens (tertiary/aromatic N) is 4. The maximum absolute atomic E-state index is 12.5. The van der Waals surface area contributed by atoms with E-state index in [1.54, 1.807) is 11.0 Å². The third-order valence-corrected chi connectivity index (χ3v) is 6.45. The van der Waals surface area contributed by atoms with Gasteiger partial charge in [-0.2, -0.15) is 5.10 Å². The van der Waals surface area contributed by atoms with E-state index in [0.29, 0.717) is 23.1 Å². The molecule has 0 bridgehead atoms. The monoisotopic (exact) mass is 495 g/mol. The van der Waals surface area contributed by atoms with Gasteiger partial charge in [0.05, 0.1) is 15.7 Å². The largest absolute Gasteiger partial charge is 0.480 e. The number of urea groups is 1. The number of likely N-dealkylation sites (tertiary alicyclic amines) is 1. The Morgan fingerprint density at radius 1 is 1.30 bits per heavy atom. The Kier molecular flexibility index (Phi) is 8.04. The zero-order valence-corrected chi connectivity index (χ0v) is 19.7.